The van der Waals surface area contributed by atoms with E-state index in [-0.39, 0.29) is 5.75 Å². The number of nitrogens with one attached hydrogen (secondary N) is 2. The molecule has 3 rings (SSSR count). The number of nitrogens with zero attached hydrogens (tertiary/aromatic N) is 1. The third kappa shape index (κ3) is 6.27. The maximum Gasteiger partial charge on any atom is 0.313 e. The summed E-state index contributed by atoms with van der Waals surface area (Å²) in [6.45, 7) is 3.73. The van der Waals surface area contributed by atoms with Crippen molar-refractivity contribution >= 4 is 29.3 Å². The molecule has 0 aliphatic heterocycles. The molecule has 0 saturated heterocycles. The first kappa shape index (κ1) is 23.2. The van der Waals surface area contributed by atoms with E-state index in [1.54, 1.807) is 48.3 Å². The standard InChI is InChI=1S/C23H25N3O5S/c1-23(2,10-11-32-17-7-5-16(27)6-8-17)26-22(29)21(28)25-15-4-9-18(19(12-15)30-3)20-13-24-14-31-20/h4-9,12-14,27H,10-11H2,1-3H3,(H,25,28)(H,26,29). The van der Waals surface area contributed by atoms with Crippen LogP contribution in [0.15, 0.2) is 64.4 Å². The molecule has 0 atom stereocenters. The first-order valence-electron chi connectivity index (χ1n) is 9.89. The van der Waals surface area contributed by atoms with Gasteiger partial charge in [0.25, 0.3) is 0 Å². The van der Waals surface area contributed by atoms with Crippen LogP contribution in [0.1, 0.15) is 20.3 Å². The second kappa shape index (κ2) is 10.2. The molecule has 0 fully saturated rings. The van der Waals surface area contributed by atoms with E-state index >= 15 is 0 Å². The lowest BCUT2D eigenvalue weighted by molar-refractivity contribution is -0.137. The largest absolute Gasteiger partial charge is 0.508 e. The molecule has 168 valence electrons. The second-order valence-electron chi connectivity index (χ2n) is 7.67. The number of aromatic hydroxyl groups is 1. The van der Waals surface area contributed by atoms with Crippen molar-refractivity contribution in [3.8, 4) is 22.8 Å². The number of ether oxygens (including phenoxy) is 1. The Morgan fingerprint density at radius 2 is 1.91 bits per heavy atom. The van der Waals surface area contributed by atoms with Crippen molar-refractivity contribution in [1.29, 1.82) is 0 Å². The molecule has 8 nitrogen and oxygen atoms in total. The maximum atomic E-state index is 12.4. The number of rotatable bonds is 8. The maximum absolute atomic E-state index is 12.4. The molecule has 2 aromatic carbocycles. The Kier molecular flexibility index (Phi) is 7.42. The monoisotopic (exact) mass is 455 g/mol. The Morgan fingerprint density at radius 3 is 2.56 bits per heavy atom. The number of phenols is 1. The van der Waals surface area contributed by atoms with Gasteiger partial charge in [0.1, 0.15) is 11.5 Å². The lowest BCUT2D eigenvalue weighted by atomic mass is 10.0. The van der Waals surface area contributed by atoms with Crippen molar-refractivity contribution < 1.29 is 23.8 Å². The van der Waals surface area contributed by atoms with E-state index < -0.39 is 17.4 Å². The summed E-state index contributed by atoms with van der Waals surface area (Å²) in [4.78, 5) is 29.7. The number of carbonyl (C=O) groups excluding carboxylic acids is 2. The fourth-order valence-electron chi connectivity index (χ4n) is 2.90. The van der Waals surface area contributed by atoms with Crippen LogP contribution in [0.3, 0.4) is 0 Å². The summed E-state index contributed by atoms with van der Waals surface area (Å²) in [5.41, 5.74) is 0.525. The minimum absolute atomic E-state index is 0.221. The summed E-state index contributed by atoms with van der Waals surface area (Å²) in [6.07, 6.45) is 3.53. The number of hydrogen-bond acceptors (Lipinski definition) is 7. The number of hydrogen-bond donors (Lipinski definition) is 3. The van der Waals surface area contributed by atoms with Crippen molar-refractivity contribution in [2.75, 3.05) is 18.2 Å². The molecular formula is C23H25N3O5S. The summed E-state index contributed by atoms with van der Waals surface area (Å²) >= 11 is 1.61. The number of aromatic nitrogens is 1. The SMILES string of the molecule is COc1cc(NC(=O)C(=O)NC(C)(C)CCSc2ccc(O)cc2)ccc1-c1cnco1. The molecule has 3 aromatic rings. The van der Waals surface area contributed by atoms with E-state index in [0.717, 1.165) is 10.6 Å². The van der Waals surface area contributed by atoms with Crippen molar-refractivity contribution in [2.24, 2.45) is 0 Å². The smallest absolute Gasteiger partial charge is 0.313 e. The van der Waals surface area contributed by atoms with E-state index in [0.29, 0.717) is 29.2 Å². The van der Waals surface area contributed by atoms with Gasteiger partial charge in [0, 0.05) is 27.9 Å². The number of methoxy groups -OCH3 is 1. The fraction of sp³-hybridized carbons (Fsp3) is 0.261. The molecule has 0 aliphatic carbocycles. The third-order valence-corrected chi connectivity index (χ3v) is 5.66. The average Bonchev–Trinajstić information content (AvgIpc) is 3.29. The zero-order valence-corrected chi connectivity index (χ0v) is 18.9. The van der Waals surface area contributed by atoms with Crippen LogP contribution in [-0.4, -0.2) is 40.3 Å². The Hall–Kier alpha value is -3.46. The summed E-state index contributed by atoms with van der Waals surface area (Å²) in [5, 5.41) is 14.7. The van der Waals surface area contributed by atoms with Crippen LogP contribution in [0.2, 0.25) is 0 Å². The molecule has 1 aromatic heterocycles. The molecule has 0 aliphatic rings. The van der Waals surface area contributed by atoms with E-state index in [4.69, 9.17) is 9.15 Å². The predicted octanol–water partition coefficient (Wildman–Crippen LogP) is 4.07. The molecule has 0 unspecified atom stereocenters. The summed E-state index contributed by atoms with van der Waals surface area (Å²) in [5.74, 6) is 0.482. The van der Waals surface area contributed by atoms with Crippen LogP contribution in [0.4, 0.5) is 5.69 Å². The predicted molar refractivity (Wildman–Crippen MR) is 123 cm³/mol. The lowest BCUT2D eigenvalue weighted by Crippen LogP contribution is -2.48. The van der Waals surface area contributed by atoms with Gasteiger partial charge in [0.15, 0.2) is 12.2 Å². The van der Waals surface area contributed by atoms with Gasteiger partial charge in [-0.1, -0.05) is 0 Å². The van der Waals surface area contributed by atoms with Crippen LogP contribution in [0.25, 0.3) is 11.3 Å². The summed E-state index contributed by atoms with van der Waals surface area (Å²) < 4.78 is 10.7. The highest BCUT2D eigenvalue weighted by Gasteiger charge is 2.24. The molecule has 0 spiro atoms. The number of carbonyl (C=O) groups is 2. The first-order valence-corrected chi connectivity index (χ1v) is 10.9. The van der Waals surface area contributed by atoms with E-state index in [1.807, 2.05) is 26.0 Å². The van der Waals surface area contributed by atoms with Gasteiger partial charge in [-0.2, -0.15) is 0 Å². The first-order chi connectivity index (χ1) is 15.3. The summed E-state index contributed by atoms with van der Waals surface area (Å²) in [6, 6.07) is 11.9. The molecular weight excluding hydrogens is 430 g/mol. The van der Waals surface area contributed by atoms with E-state index in [9.17, 15) is 14.7 Å². The van der Waals surface area contributed by atoms with Gasteiger partial charge in [-0.3, -0.25) is 9.59 Å². The Labute approximate surface area is 190 Å². The minimum atomic E-state index is -0.765. The quantitative estimate of drug-likeness (QED) is 0.346. The van der Waals surface area contributed by atoms with Gasteiger partial charge in [-0.05, 0) is 56.7 Å². The zero-order valence-electron chi connectivity index (χ0n) is 18.0. The molecule has 1 heterocycles. The van der Waals surface area contributed by atoms with E-state index in [1.165, 1.54) is 13.5 Å². The van der Waals surface area contributed by atoms with Gasteiger partial charge in [0.2, 0.25) is 0 Å². The topological polar surface area (TPSA) is 114 Å². The Bertz CT molecular complexity index is 1070. The number of anilines is 1. The highest BCUT2D eigenvalue weighted by atomic mass is 32.2. The van der Waals surface area contributed by atoms with Crippen molar-refractivity contribution in [1.82, 2.24) is 10.3 Å². The van der Waals surface area contributed by atoms with Gasteiger partial charge >= 0.3 is 11.8 Å². The van der Waals surface area contributed by atoms with Crippen LogP contribution >= 0.6 is 11.8 Å². The van der Waals surface area contributed by atoms with Crippen LogP contribution < -0.4 is 15.4 Å². The molecule has 0 saturated carbocycles. The van der Waals surface area contributed by atoms with Gasteiger partial charge in [0.05, 0.1) is 18.9 Å². The normalized spacial score (nSPS) is 11.1. The van der Waals surface area contributed by atoms with Gasteiger partial charge < -0.3 is 24.9 Å². The summed E-state index contributed by atoms with van der Waals surface area (Å²) in [7, 11) is 1.51. The number of benzene rings is 2. The van der Waals surface area contributed by atoms with Crippen molar-refractivity contribution in [3.63, 3.8) is 0 Å². The molecule has 3 N–H and O–H groups in total. The molecule has 0 bridgehead atoms. The van der Waals surface area contributed by atoms with Gasteiger partial charge in [-0.15, -0.1) is 11.8 Å². The highest BCUT2D eigenvalue weighted by molar-refractivity contribution is 7.99. The van der Waals surface area contributed by atoms with Crippen LogP contribution in [0, 0.1) is 0 Å². The van der Waals surface area contributed by atoms with Crippen molar-refractivity contribution in [3.05, 3.63) is 55.1 Å². The molecule has 32 heavy (non-hydrogen) atoms. The number of thioether (sulfide) groups is 1. The number of phenolic OH excluding ortho intramolecular Hbond substituents is 1. The Balaban J connectivity index is 1.54. The third-order valence-electron chi connectivity index (χ3n) is 4.65. The molecule has 2 amide bonds. The second-order valence-corrected chi connectivity index (χ2v) is 8.83. The Morgan fingerprint density at radius 1 is 1.16 bits per heavy atom. The fourth-order valence-corrected chi connectivity index (χ4v) is 4.08. The van der Waals surface area contributed by atoms with Gasteiger partial charge in [-0.25, -0.2) is 4.98 Å². The molecule has 0 radical (unpaired) electrons. The minimum Gasteiger partial charge on any atom is -0.508 e. The lowest BCUT2D eigenvalue weighted by Gasteiger charge is -2.25. The van der Waals surface area contributed by atoms with E-state index in [2.05, 4.69) is 15.6 Å². The zero-order chi connectivity index (χ0) is 23.1. The highest BCUT2D eigenvalue weighted by Crippen LogP contribution is 2.32. The number of oxazole rings is 1. The number of amides is 2. The van der Waals surface area contributed by atoms with Crippen LogP contribution in [-0.2, 0) is 9.59 Å². The van der Waals surface area contributed by atoms with Crippen LogP contribution in [0.5, 0.6) is 11.5 Å². The average molecular weight is 456 g/mol. The molecule has 9 heteroatoms. The van der Waals surface area contributed by atoms with Crippen molar-refractivity contribution in [2.45, 2.75) is 30.7 Å².